The molecule has 0 aliphatic rings. The highest BCUT2D eigenvalue weighted by atomic mass is 35.5. The summed E-state index contributed by atoms with van der Waals surface area (Å²) in [5, 5.41) is 9.07. The normalized spacial score (nSPS) is 11.3. The van der Waals surface area contributed by atoms with Crippen molar-refractivity contribution in [1.29, 1.82) is 0 Å². The van der Waals surface area contributed by atoms with Gasteiger partial charge in [-0.2, -0.15) is 5.10 Å². The van der Waals surface area contributed by atoms with Gasteiger partial charge >= 0.3 is 0 Å². The van der Waals surface area contributed by atoms with Crippen LogP contribution in [0.15, 0.2) is 36.8 Å². The number of rotatable bonds is 6. The molecule has 0 bridgehead atoms. The minimum atomic E-state index is -0.355. The van der Waals surface area contributed by atoms with Crippen molar-refractivity contribution < 1.29 is 9.47 Å². The van der Waals surface area contributed by atoms with Gasteiger partial charge in [0.1, 0.15) is 12.1 Å². The molecule has 7 nitrogen and oxygen atoms in total. The maximum atomic E-state index is 5.93. The number of ether oxygens (including phenoxy) is 2. The molecule has 0 unspecified atom stereocenters. The standard InChI is InChI=1S/C15H16ClN5O2/c1-22-13(23-2)8-17-14-12-7-20-21(15(12)19-9-18-14)11-5-3-10(16)4-6-11/h3-7,9,13H,8H2,1-2H3,(H,17,18,19). The number of fused-ring (bicyclic) bond motifs is 1. The maximum absolute atomic E-state index is 5.93. The molecule has 0 aliphatic heterocycles. The predicted octanol–water partition coefficient (Wildman–Crippen LogP) is 2.50. The summed E-state index contributed by atoms with van der Waals surface area (Å²) in [4.78, 5) is 8.58. The molecule has 2 aromatic heterocycles. The highest BCUT2D eigenvalue weighted by Gasteiger charge is 2.12. The lowest BCUT2D eigenvalue weighted by Crippen LogP contribution is -2.24. The summed E-state index contributed by atoms with van der Waals surface area (Å²) in [6.07, 6.45) is 2.86. The number of aromatic nitrogens is 4. The largest absolute Gasteiger partial charge is 0.364 e. The number of anilines is 1. The van der Waals surface area contributed by atoms with Gasteiger partial charge in [-0.25, -0.2) is 14.6 Å². The van der Waals surface area contributed by atoms with Crippen molar-refractivity contribution in [3.05, 3.63) is 41.8 Å². The minimum absolute atomic E-state index is 0.355. The van der Waals surface area contributed by atoms with Crippen molar-refractivity contribution in [2.75, 3.05) is 26.1 Å². The van der Waals surface area contributed by atoms with Gasteiger partial charge in [-0.1, -0.05) is 11.6 Å². The summed E-state index contributed by atoms with van der Waals surface area (Å²) < 4.78 is 12.1. The Balaban J connectivity index is 1.92. The molecule has 0 atom stereocenters. The van der Waals surface area contributed by atoms with Gasteiger partial charge < -0.3 is 14.8 Å². The molecule has 3 rings (SSSR count). The van der Waals surface area contributed by atoms with Gasteiger partial charge in [-0.15, -0.1) is 0 Å². The summed E-state index contributed by atoms with van der Waals surface area (Å²) in [5.41, 5.74) is 1.58. The smallest absolute Gasteiger partial charge is 0.173 e. The lowest BCUT2D eigenvalue weighted by molar-refractivity contribution is -0.0914. The molecular weight excluding hydrogens is 318 g/mol. The van der Waals surface area contributed by atoms with Crippen molar-refractivity contribution in [1.82, 2.24) is 19.7 Å². The first-order valence-electron chi connectivity index (χ1n) is 6.97. The van der Waals surface area contributed by atoms with Crippen LogP contribution in [0, 0.1) is 0 Å². The van der Waals surface area contributed by atoms with Crippen molar-refractivity contribution >= 4 is 28.5 Å². The number of methoxy groups -OCH3 is 2. The number of benzene rings is 1. The summed E-state index contributed by atoms with van der Waals surface area (Å²) in [6, 6.07) is 7.39. The average Bonchev–Trinajstić information content (AvgIpc) is 3.01. The lowest BCUT2D eigenvalue weighted by Gasteiger charge is -2.14. The number of hydrogen-bond acceptors (Lipinski definition) is 6. The van der Waals surface area contributed by atoms with E-state index in [2.05, 4.69) is 20.4 Å². The molecule has 0 aliphatic carbocycles. The molecule has 0 saturated carbocycles. The van der Waals surface area contributed by atoms with Crippen LogP contribution < -0.4 is 5.32 Å². The number of nitrogens with zero attached hydrogens (tertiary/aromatic N) is 4. The van der Waals surface area contributed by atoms with Crippen LogP contribution >= 0.6 is 11.6 Å². The highest BCUT2D eigenvalue weighted by Crippen LogP contribution is 2.22. The molecule has 0 saturated heterocycles. The Labute approximate surface area is 138 Å². The Morgan fingerprint density at radius 1 is 1.17 bits per heavy atom. The van der Waals surface area contributed by atoms with Crippen LogP contribution in [0.5, 0.6) is 0 Å². The molecule has 2 heterocycles. The zero-order valence-corrected chi connectivity index (χ0v) is 13.5. The average molecular weight is 334 g/mol. The molecule has 0 fully saturated rings. The second-order valence-corrected chi connectivity index (χ2v) is 5.21. The van der Waals surface area contributed by atoms with Crippen LogP contribution in [0.25, 0.3) is 16.7 Å². The van der Waals surface area contributed by atoms with E-state index in [1.54, 1.807) is 25.1 Å². The molecule has 8 heteroatoms. The van der Waals surface area contributed by atoms with Crippen LogP contribution in [0.4, 0.5) is 5.82 Å². The Morgan fingerprint density at radius 2 is 1.91 bits per heavy atom. The van der Waals surface area contributed by atoms with E-state index in [9.17, 15) is 0 Å². The molecule has 3 aromatic rings. The third kappa shape index (κ3) is 3.26. The molecule has 0 amide bonds. The first-order chi connectivity index (χ1) is 11.2. The van der Waals surface area contributed by atoms with Crippen molar-refractivity contribution in [3.8, 4) is 5.69 Å². The first kappa shape index (κ1) is 15.7. The third-order valence-electron chi connectivity index (χ3n) is 3.40. The molecule has 1 aromatic carbocycles. The Kier molecular flexibility index (Phi) is 4.71. The molecule has 1 N–H and O–H groups in total. The maximum Gasteiger partial charge on any atom is 0.173 e. The van der Waals surface area contributed by atoms with E-state index in [0.29, 0.717) is 23.0 Å². The monoisotopic (exact) mass is 333 g/mol. The van der Waals surface area contributed by atoms with E-state index in [0.717, 1.165) is 11.1 Å². The van der Waals surface area contributed by atoms with Crippen LogP contribution in [0.3, 0.4) is 0 Å². The lowest BCUT2D eigenvalue weighted by atomic mass is 10.3. The SMILES string of the molecule is COC(CNc1ncnc2c1cnn2-c1ccc(Cl)cc1)OC. The summed E-state index contributed by atoms with van der Waals surface area (Å²) >= 11 is 5.93. The summed E-state index contributed by atoms with van der Waals surface area (Å²) in [7, 11) is 3.17. The molecule has 0 spiro atoms. The summed E-state index contributed by atoms with van der Waals surface area (Å²) in [6.45, 7) is 0.464. The van der Waals surface area contributed by atoms with Crippen molar-refractivity contribution in [2.45, 2.75) is 6.29 Å². The van der Waals surface area contributed by atoms with E-state index in [4.69, 9.17) is 21.1 Å². The third-order valence-corrected chi connectivity index (χ3v) is 3.65. The van der Waals surface area contributed by atoms with Crippen molar-refractivity contribution in [3.63, 3.8) is 0 Å². The van der Waals surface area contributed by atoms with Gasteiger partial charge in [-0.05, 0) is 24.3 Å². The zero-order chi connectivity index (χ0) is 16.2. The van der Waals surface area contributed by atoms with E-state index in [-0.39, 0.29) is 6.29 Å². The minimum Gasteiger partial charge on any atom is -0.364 e. The Morgan fingerprint density at radius 3 is 2.61 bits per heavy atom. The fourth-order valence-corrected chi connectivity index (χ4v) is 2.33. The van der Waals surface area contributed by atoms with Crippen LogP contribution in [0.2, 0.25) is 5.02 Å². The second-order valence-electron chi connectivity index (χ2n) is 4.77. The molecular formula is C15H16ClN5O2. The number of nitrogens with one attached hydrogen (secondary N) is 1. The van der Waals surface area contributed by atoms with Gasteiger partial charge in [0.25, 0.3) is 0 Å². The predicted molar refractivity (Wildman–Crippen MR) is 88.0 cm³/mol. The number of halogens is 1. The topological polar surface area (TPSA) is 74.1 Å². The van der Waals surface area contributed by atoms with Gasteiger partial charge in [0, 0.05) is 19.2 Å². The first-order valence-corrected chi connectivity index (χ1v) is 7.35. The van der Waals surface area contributed by atoms with E-state index in [1.807, 2.05) is 24.3 Å². The fourth-order valence-electron chi connectivity index (χ4n) is 2.20. The highest BCUT2D eigenvalue weighted by molar-refractivity contribution is 6.30. The van der Waals surface area contributed by atoms with Gasteiger partial charge in [0.2, 0.25) is 0 Å². The van der Waals surface area contributed by atoms with Crippen molar-refractivity contribution in [2.24, 2.45) is 0 Å². The quantitative estimate of drug-likeness (QED) is 0.699. The van der Waals surface area contributed by atoms with Gasteiger partial charge in [0.05, 0.1) is 23.8 Å². The van der Waals surface area contributed by atoms with E-state index < -0.39 is 0 Å². The van der Waals surface area contributed by atoms with Crippen LogP contribution in [0.1, 0.15) is 0 Å². The van der Waals surface area contributed by atoms with E-state index in [1.165, 1.54) is 6.33 Å². The molecule has 120 valence electrons. The molecule has 0 radical (unpaired) electrons. The van der Waals surface area contributed by atoms with Gasteiger partial charge in [0.15, 0.2) is 11.9 Å². The fraction of sp³-hybridized carbons (Fsp3) is 0.267. The Bertz CT molecular complexity index is 786. The van der Waals surface area contributed by atoms with Gasteiger partial charge in [-0.3, -0.25) is 0 Å². The zero-order valence-electron chi connectivity index (χ0n) is 12.7. The second kappa shape index (κ2) is 6.91. The Hall–Kier alpha value is -2.22. The summed E-state index contributed by atoms with van der Waals surface area (Å²) in [5.74, 6) is 0.675. The van der Waals surface area contributed by atoms with Crippen LogP contribution in [-0.4, -0.2) is 46.8 Å². The number of hydrogen-bond donors (Lipinski definition) is 1. The van der Waals surface area contributed by atoms with E-state index >= 15 is 0 Å². The van der Waals surface area contributed by atoms with Crippen LogP contribution in [-0.2, 0) is 9.47 Å². The molecule has 23 heavy (non-hydrogen) atoms.